The molecule has 0 spiro atoms. The number of nitrogens with one attached hydrogen (secondary N) is 1. The third kappa shape index (κ3) is 6.20. The molecule has 22 heavy (non-hydrogen) atoms. The summed E-state index contributed by atoms with van der Waals surface area (Å²) < 4.78 is 35.8. The molecule has 130 valence electrons. The summed E-state index contributed by atoms with van der Waals surface area (Å²) >= 11 is 0. The lowest BCUT2D eigenvalue weighted by molar-refractivity contribution is -0.124. The molecule has 1 fully saturated rings. The van der Waals surface area contributed by atoms with Crippen LogP contribution < -0.4 is 5.32 Å². The van der Waals surface area contributed by atoms with E-state index in [2.05, 4.69) is 5.32 Å². The number of carbonyl (C=O) groups is 1. The van der Waals surface area contributed by atoms with E-state index in [-0.39, 0.29) is 11.7 Å². The fraction of sp³-hybridized carbons (Fsp3) is 0.929. The number of ether oxygens (including phenoxy) is 2. The molecule has 0 bridgehead atoms. The summed E-state index contributed by atoms with van der Waals surface area (Å²) in [5, 5.41) is 2.80. The van der Waals surface area contributed by atoms with Crippen LogP contribution in [0.15, 0.2) is 0 Å². The molecule has 0 aromatic rings. The lowest BCUT2D eigenvalue weighted by atomic mass is 10.2. The van der Waals surface area contributed by atoms with E-state index >= 15 is 0 Å². The van der Waals surface area contributed by atoms with Gasteiger partial charge in [-0.3, -0.25) is 4.79 Å². The Bertz CT molecular complexity index is 427. The molecule has 0 saturated carbocycles. The second-order valence-corrected chi connectivity index (χ2v) is 7.38. The summed E-state index contributed by atoms with van der Waals surface area (Å²) in [6.07, 6.45) is 2.59. The molecule has 7 nitrogen and oxygen atoms in total. The number of carbonyl (C=O) groups excluding carboxylic acids is 1. The van der Waals surface area contributed by atoms with Crippen LogP contribution in [0.2, 0.25) is 0 Å². The first-order valence-corrected chi connectivity index (χ1v) is 9.47. The van der Waals surface area contributed by atoms with Crippen LogP contribution in [-0.2, 0) is 24.3 Å². The predicted molar refractivity (Wildman–Crippen MR) is 84.1 cm³/mol. The highest BCUT2D eigenvalue weighted by Gasteiger charge is 2.37. The van der Waals surface area contributed by atoms with Gasteiger partial charge in [-0.2, -0.15) is 4.31 Å². The van der Waals surface area contributed by atoms with Crippen LogP contribution in [0.4, 0.5) is 0 Å². The fourth-order valence-corrected chi connectivity index (χ4v) is 4.20. The van der Waals surface area contributed by atoms with Gasteiger partial charge in [-0.05, 0) is 25.7 Å². The standard InChI is InChI=1S/C14H28N2O5S/c1-3-12-22(18,19)16-8-4-6-13(16)14(17)15-7-5-9-21-11-10-20-2/h13H,3-12H2,1-2H3,(H,15,17). The Morgan fingerprint density at radius 1 is 1.32 bits per heavy atom. The van der Waals surface area contributed by atoms with E-state index in [9.17, 15) is 13.2 Å². The zero-order chi connectivity index (χ0) is 16.4. The third-order valence-corrected chi connectivity index (χ3v) is 5.60. The maximum absolute atomic E-state index is 12.2. The van der Waals surface area contributed by atoms with Crippen LogP contribution in [0.3, 0.4) is 0 Å². The maximum Gasteiger partial charge on any atom is 0.238 e. The number of hydrogen-bond donors (Lipinski definition) is 1. The molecule has 0 aromatic heterocycles. The molecule has 0 aromatic carbocycles. The minimum Gasteiger partial charge on any atom is -0.382 e. The minimum atomic E-state index is -3.32. The molecule has 1 atom stereocenters. The average molecular weight is 336 g/mol. The molecule has 1 amide bonds. The molecule has 0 aliphatic carbocycles. The first-order chi connectivity index (χ1) is 10.5. The van der Waals surface area contributed by atoms with Crippen molar-refractivity contribution in [2.24, 2.45) is 0 Å². The first kappa shape index (κ1) is 19.3. The Balaban J connectivity index is 2.32. The zero-order valence-corrected chi connectivity index (χ0v) is 14.4. The van der Waals surface area contributed by atoms with Crippen LogP contribution in [-0.4, -0.2) is 70.4 Å². The number of sulfonamides is 1. The smallest absolute Gasteiger partial charge is 0.238 e. The third-order valence-electron chi connectivity index (χ3n) is 3.52. The van der Waals surface area contributed by atoms with Gasteiger partial charge in [0.15, 0.2) is 0 Å². The number of rotatable bonds is 11. The van der Waals surface area contributed by atoms with Crippen molar-refractivity contribution in [3.05, 3.63) is 0 Å². The molecule has 1 unspecified atom stereocenters. The highest BCUT2D eigenvalue weighted by Crippen LogP contribution is 2.21. The van der Waals surface area contributed by atoms with Crippen molar-refractivity contribution in [1.29, 1.82) is 0 Å². The highest BCUT2D eigenvalue weighted by molar-refractivity contribution is 7.89. The van der Waals surface area contributed by atoms with Gasteiger partial charge in [0, 0.05) is 26.8 Å². The second kappa shape index (κ2) is 10.1. The molecule has 1 saturated heterocycles. The van der Waals surface area contributed by atoms with Crippen molar-refractivity contribution in [1.82, 2.24) is 9.62 Å². The van der Waals surface area contributed by atoms with Crippen LogP contribution in [0, 0.1) is 0 Å². The van der Waals surface area contributed by atoms with E-state index in [0.29, 0.717) is 52.2 Å². The van der Waals surface area contributed by atoms with Crippen molar-refractivity contribution in [3.63, 3.8) is 0 Å². The van der Waals surface area contributed by atoms with Crippen LogP contribution in [0.5, 0.6) is 0 Å². The fourth-order valence-electron chi connectivity index (χ4n) is 2.46. The van der Waals surface area contributed by atoms with Gasteiger partial charge >= 0.3 is 0 Å². The number of amides is 1. The van der Waals surface area contributed by atoms with E-state index in [1.807, 2.05) is 6.92 Å². The summed E-state index contributed by atoms with van der Waals surface area (Å²) in [6.45, 7) is 4.40. The van der Waals surface area contributed by atoms with Gasteiger partial charge in [-0.1, -0.05) is 6.92 Å². The Morgan fingerprint density at radius 2 is 2.09 bits per heavy atom. The molecule has 1 aliphatic rings. The van der Waals surface area contributed by atoms with Crippen LogP contribution in [0.25, 0.3) is 0 Å². The normalized spacial score (nSPS) is 19.5. The Morgan fingerprint density at radius 3 is 2.77 bits per heavy atom. The van der Waals surface area contributed by atoms with E-state index in [1.165, 1.54) is 4.31 Å². The molecule has 1 N–H and O–H groups in total. The van der Waals surface area contributed by atoms with Gasteiger partial charge in [0.1, 0.15) is 6.04 Å². The molecule has 1 rings (SSSR count). The van der Waals surface area contributed by atoms with Gasteiger partial charge < -0.3 is 14.8 Å². The highest BCUT2D eigenvalue weighted by atomic mass is 32.2. The van der Waals surface area contributed by atoms with Crippen LogP contribution >= 0.6 is 0 Å². The Kier molecular flexibility index (Phi) is 8.92. The van der Waals surface area contributed by atoms with Crippen molar-refractivity contribution in [3.8, 4) is 0 Å². The van der Waals surface area contributed by atoms with Gasteiger partial charge in [0.25, 0.3) is 0 Å². The largest absolute Gasteiger partial charge is 0.382 e. The van der Waals surface area contributed by atoms with Crippen molar-refractivity contribution in [2.45, 2.75) is 38.6 Å². The summed E-state index contributed by atoms with van der Waals surface area (Å²) in [7, 11) is -1.70. The number of hydrogen-bond acceptors (Lipinski definition) is 5. The molecular formula is C14H28N2O5S. The van der Waals surface area contributed by atoms with E-state index in [4.69, 9.17) is 9.47 Å². The van der Waals surface area contributed by atoms with Crippen LogP contribution in [0.1, 0.15) is 32.6 Å². The monoisotopic (exact) mass is 336 g/mol. The Hall–Kier alpha value is -0.700. The average Bonchev–Trinajstić information content (AvgIpc) is 2.96. The van der Waals surface area contributed by atoms with E-state index < -0.39 is 16.1 Å². The zero-order valence-electron chi connectivity index (χ0n) is 13.5. The molecule has 1 heterocycles. The molecule has 1 aliphatic heterocycles. The van der Waals surface area contributed by atoms with Gasteiger partial charge in [0.05, 0.1) is 19.0 Å². The predicted octanol–water partition coefficient (Wildman–Crippen LogP) is 0.360. The lowest BCUT2D eigenvalue weighted by Gasteiger charge is -2.23. The quantitative estimate of drug-likeness (QED) is 0.551. The van der Waals surface area contributed by atoms with E-state index in [0.717, 1.165) is 6.42 Å². The van der Waals surface area contributed by atoms with Gasteiger partial charge in [-0.25, -0.2) is 8.42 Å². The summed E-state index contributed by atoms with van der Waals surface area (Å²) in [6, 6.07) is -0.550. The van der Waals surface area contributed by atoms with Gasteiger partial charge in [0.2, 0.25) is 15.9 Å². The number of nitrogens with zero attached hydrogens (tertiary/aromatic N) is 1. The maximum atomic E-state index is 12.2. The second-order valence-electron chi connectivity index (χ2n) is 5.33. The Labute approximate surface area is 133 Å². The SMILES string of the molecule is CCCS(=O)(=O)N1CCCC1C(=O)NCCCOCCOC. The summed E-state index contributed by atoms with van der Waals surface area (Å²) in [4.78, 5) is 12.2. The van der Waals surface area contributed by atoms with Crippen molar-refractivity contribution < 1.29 is 22.7 Å². The van der Waals surface area contributed by atoms with Crippen molar-refractivity contribution >= 4 is 15.9 Å². The summed E-state index contributed by atoms with van der Waals surface area (Å²) in [5.41, 5.74) is 0. The molecular weight excluding hydrogens is 308 g/mol. The first-order valence-electron chi connectivity index (χ1n) is 7.86. The van der Waals surface area contributed by atoms with E-state index in [1.54, 1.807) is 7.11 Å². The lowest BCUT2D eigenvalue weighted by Crippen LogP contribution is -2.46. The minimum absolute atomic E-state index is 0.101. The topological polar surface area (TPSA) is 84.9 Å². The molecule has 0 radical (unpaired) electrons. The summed E-state index contributed by atoms with van der Waals surface area (Å²) in [5.74, 6) is -0.0986. The van der Waals surface area contributed by atoms with Crippen molar-refractivity contribution in [2.75, 3.05) is 45.8 Å². The van der Waals surface area contributed by atoms with Gasteiger partial charge in [-0.15, -0.1) is 0 Å². The number of methoxy groups -OCH3 is 1. The molecule has 8 heteroatoms.